The van der Waals surface area contributed by atoms with Crippen LogP contribution in [-0.4, -0.2) is 35.1 Å². The van der Waals surface area contributed by atoms with E-state index in [9.17, 15) is 14.0 Å². The zero-order valence-corrected chi connectivity index (χ0v) is 11.2. The fourth-order valence-electron chi connectivity index (χ4n) is 1.58. The first kappa shape index (κ1) is 15.7. The summed E-state index contributed by atoms with van der Waals surface area (Å²) in [6, 6.07) is 4.23. The molecule has 0 aliphatic carbocycles. The number of carboxylic acid groups (broad SMARTS) is 1. The van der Waals surface area contributed by atoms with Crippen molar-refractivity contribution in [2.24, 2.45) is 0 Å². The first-order valence-corrected chi connectivity index (χ1v) is 6.03. The number of amides is 2. The van der Waals surface area contributed by atoms with Crippen molar-refractivity contribution in [1.29, 1.82) is 0 Å². The SMILES string of the molecule is C=CCC(NC(=O)N(C)Cc1ccc(F)cc1)C(=O)O. The Morgan fingerprint density at radius 3 is 2.55 bits per heavy atom. The van der Waals surface area contributed by atoms with E-state index in [2.05, 4.69) is 11.9 Å². The third-order valence-corrected chi connectivity index (χ3v) is 2.68. The first-order chi connectivity index (χ1) is 9.43. The second-order valence-electron chi connectivity index (χ2n) is 4.35. The molecule has 1 aromatic carbocycles. The van der Waals surface area contributed by atoms with Gasteiger partial charge >= 0.3 is 12.0 Å². The molecule has 0 spiro atoms. The molecule has 0 heterocycles. The maximum Gasteiger partial charge on any atom is 0.326 e. The monoisotopic (exact) mass is 280 g/mol. The topological polar surface area (TPSA) is 69.6 Å². The quantitative estimate of drug-likeness (QED) is 0.783. The van der Waals surface area contributed by atoms with Gasteiger partial charge in [0.05, 0.1) is 0 Å². The number of urea groups is 1. The lowest BCUT2D eigenvalue weighted by Gasteiger charge is -2.21. The van der Waals surface area contributed by atoms with Gasteiger partial charge in [-0.3, -0.25) is 0 Å². The third kappa shape index (κ3) is 4.72. The summed E-state index contributed by atoms with van der Waals surface area (Å²) >= 11 is 0. The Kier molecular flexibility index (Phi) is 5.71. The smallest absolute Gasteiger partial charge is 0.326 e. The molecule has 1 atom stereocenters. The van der Waals surface area contributed by atoms with E-state index >= 15 is 0 Å². The largest absolute Gasteiger partial charge is 0.480 e. The molecular weight excluding hydrogens is 263 g/mol. The van der Waals surface area contributed by atoms with E-state index in [0.29, 0.717) is 0 Å². The lowest BCUT2D eigenvalue weighted by molar-refractivity contribution is -0.139. The van der Waals surface area contributed by atoms with E-state index in [1.165, 1.54) is 30.2 Å². The zero-order valence-electron chi connectivity index (χ0n) is 11.2. The van der Waals surface area contributed by atoms with Gasteiger partial charge in [0.1, 0.15) is 11.9 Å². The van der Waals surface area contributed by atoms with Crippen LogP contribution in [0, 0.1) is 5.82 Å². The predicted octanol–water partition coefficient (Wildman–Crippen LogP) is 2.00. The molecule has 0 bridgehead atoms. The average Bonchev–Trinajstić information content (AvgIpc) is 2.40. The summed E-state index contributed by atoms with van der Waals surface area (Å²) in [5, 5.41) is 11.3. The van der Waals surface area contributed by atoms with Crippen molar-refractivity contribution in [2.75, 3.05) is 7.05 Å². The van der Waals surface area contributed by atoms with E-state index in [-0.39, 0.29) is 18.8 Å². The van der Waals surface area contributed by atoms with Crippen LogP contribution in [0.4, 0.5) is 9.18 Å². The van der Waals surface area contributed by atoms with Crippen LogP contribution in [0.5, 0.6) is 0 Å². The van der Waals surface area contributed by atoms with Crippen LogP contribution >= 0.6 is 0 Å². The van der Waals surface area contributed by atoms with Gasteiger partial charge in [0, 0.05) is 13.6 Å². The summed E-state index contributed by atoms with van der Waals surface area (Å²) in [5.74, 6) is -1.47. The minimum absolute atomic E-state index is 0.144. The van der Waals surface area contributed by atoms with E-state index in [1.807, 2.05) is 0 Å². The summed E-state index contributed by atoms with van der Waals surface area (Å²) < 4.78 is 12.8. The summed E-state index contributed by atoms with van der Waals surface area (Å²) in [4.78, 5) is 24.1. The van der Waals surface area contributed by atoms with Gasteiger partial charge in [-0.1, -0.05) is 18.2 Å². The molecule has 0 saturated carbocycles. The molecule has 1 rings (SSSR count). The number of nitrogens with zero attached hydrogens (tertiary/aromatic N) is 1. The van der Waals surface area contributed by atoms with E-state index in [0.717, 1.165) is 5.56 Å². The highest BCUT2D eigenvalue weighted by Gasteiger charge is 2.20. The summed E-state index contributed by atoms with van der Waals surface area (Å²) in [5.41, 5.74) is 0.750. The Bertz CT molecular complexity index is 488. The molecule has 108 valence electrons. The molecule has 20 heavy (non-hydrogen) atoms. The highest BCUT2D eigenvalue weighted by molar-refractivity contribution is 5.82. The predicted molar refractivity (Wildman–Crippen MR) is 72.6 cm³/mol. The number of carboxylic acids is 1. The van der Waals surface area contributed by atoms with Crippen LogP contribution < -0.4 is 5.32 Å². The number of benzene rings is 1. The molecule has 0 aromatic heterocycles. The highest BCUT2D eigenvalue weighted by Crippen LogP contribution is 2.06. The van der Waals surface area contributed by atoms with E-state index in [1.54, 1.807) is 12.1 Å². The standard InChI is InChI=1S/C14H17FN2O3/c1-3-4-12(13(18)19)16-14(20)17(2)9-10-5-7-11(15)8-6-10/h3,5-8,12H,1,4,9H2,2H3,(H,16,20)(H,18,19). The number of rotatable bonds is 6. The zero-order chi connectivity index (χ0) is 15.1. The molecule has 0 saturated heterocycles. The van der Waals surface area contributed by atoms with Crippen molar-refractivity contribution >= 4 is 12.0 Å². The number of carbonyl (C=O) groups is 2. The molecule has 0 fully saturated rings. The lowest BCUT2D eigenvalue weighted by atomic mass is 10.2. The van der Waals surface area contributed by atoms with Gasteiger partial charge in [-0.2, -0.15) is 0 Å². The molecule has 0 radical (unpaired) electrons. The van der Waals surface area contributed by atoms with Crippen LogP contribution in [0.1, 0.15) is 12.0 Å². The second kappa shape index (κ2) is 7.28. The minimum atomic E-state index is -1.12. The minimum Gasteiger partial charge on any atom is -0.480 e. The normalized spacial score (nSPS) is 11.5. The fourth-order valence-corrected chi connectivity index (χ4v) is 1.58. The van der Waals surface area contributed by atoms with Crippen LogP contribution in [0.3, 0.4) is 0 Å². The van der Waals surface area contributed by atoms with Crippen molar-refractivity contribution in [3.05, 3.63) is 48.3 Å². The molecule has 0 aliphatic rings. The molecule has 1 aromatic rings. The molecule has 1 unspecified atom stereocenters. The Morgan fingerprint density at radius 1 is 1.45 bits per heavy atom. The number of halogens is 1. The van der Waals surface area contributed by atoms with Gasteiger partial charge in [0.2, 0.25) is 0 Å². The number of hydrogen-bond acceptors (Lipinski definition) is 2. The van der Waals surface area contributed by atoms with Crippen LogP contribution in [0.25, 0.3) is 0 Å². The van der Waals surface area contributed by atoms with Crippen molar-refractivity contribution in [1.82, 2.24) is 10.2 Å². The van der Waals surface area contributed by atoms with Gasteiger partial charge in [-0.15, -0.1) is 6.58 Å². The first-order valence-electron chi connectivity index (χ1n) is 6.03. The molecular formula is C14H17FN2O3. The lowest BCUT2D eigenvalue weighted by Crippen LogP contribution is -2.46. The van der Waals surface area contributed by atoms with Gasteiger partial charge in [-0.05, 0) is 24.1 Å². The van der Waals surface area contributed by atoms with Crippen molar-refractivity contribution in [3.8, 4) is 0 Å². The Hall–Kier alpha value is -2.37. The number of carbonyl (C=O) groups excluding carboxylic acids is 1. The molecule has 6 heteroatoms. The summed E-state index contributed by atoms with van der Waals surface area (Å²) in [6.07, 6.45) is 1.57. The van der Waals surface area contributed by atoms with Crippen LogP contribution in [-0.2, 0) is 11.3 Å². The summed E-state index contributed by atoms with van der Waals surface area (Å²) in [7, 11) is 1.53. The maximum absolute atomic E-state index is 12.8. The third-order valence-electron chi connectivity index (χ3n) is 2.68. The van der Waals surface area contributed by atoms with Gasteiger partial charge in [-0.25, -0.2) is 14.0 Å². The van der Waals surface area contributed by atoms with Gasteiger partial charge < -0.3 is 15.3 Å². The molecule has 5 nitrogen and oxygen atoms in total. The molecule has 0 aliphatic heterocycles. The highest BCUT2D eigenvalue weighted by atomic mass is 19.1. The Balaban J connectivity index is 2.59. The van der Waals surface area contributed by atoms with Crippen LogP contribution in [0.2, 0.25) is 0 Å². The number of hydrogen-bond donors (Lipinski definition) is 2. The molecule has 2 amide bonds. The Labute approximate surface area is 116 Å². The maximum atomic E-state index is 12.8. The fraction of sp³-hybridized carbons (Fsp3) is 0.286. The van der Waals surface area contributed by atoms with Gasteiger partial charge in [0.25, 0.3) is 0 Å². The van der Waals surface area contributed by atoms with Gasteiger partial charge in [0.15, 0.2) is 0 Å². The second-order valence-corrected chi connectivity index (χ2v) is 4.35. The molecule has 2 N–H and O–H groups in total. The number of nitrogens with one attached hydrogen (secondary N) is 1. The number of aliphatic carboxylic acids is 1. The van der Waals surface area contributed by atoms with Crippen molar-refractivity contribution in [3.63, 3.8) is 0 Å². The van der Waals surface area contributed by atoms with Crippen molar-refractivity contribution in [2.45, 2.75) is 19.0 Å². The van der Waals surface area contributed by atoms with E-state index < -0.39 is 18.0 Å². The Morgan fingerprint density at radius 2 is 2.05 bits per heavy atom. The van der Waals surface area contributed by atoms with Crippen molar-refractivity contribution < 1.29 is 19.1 Å². The average molecular weight is 280 g/mol. The van der Waals surface area contributed by atoms with E-state index in [4.69, 9.17) is 5.11 Å². The van der Waals surface area contributed by atoms with Crippen LogP contribution in [0.15, 0.2) is 36.9 Å². The summed E-state index contributed by atoms with van der Waals surface area (Å²) in [6.45, 7) is 3.70.